The smallest absolute Gasteiger partial charge is 0.128 e. The summed E-state index contributed by atoms with van der Waals surface area (Å²) in [5.41, 5.74) is 4.13. The molecule has 1 saturated heterocycles. The maximum absolute atomic E-state index is 4.62. The van der Waals surface area contributed by atoms with Crippen LogP contribution < -0.4 is 4.90 Å². The molecular formula is C19H25N3. The van der Waals surface area contributed by atoms with Crippen LogP contribution in [0.25, 0.3) is 0 Å². The van der Waals surface area contributed by atoms with Crippen LogP contribution in [0.15, 0.2) is 42.6 Å². The third kappa shape index (κ3) is 3.14. The van der Waals surface area contributed by atoms with Gasteiger partial charge in [0.15, 0.2) is 0 Å². The largest absolute Gasteiger partial charge is 0.363 e. The molecule has 1 aliphatic heterocycles. The molecule has 0 bridgehead atoms. The van der Waals surface area contributed by atoms with E-state index in [1.807, 2.05) is 14.1 Å². The van der Waals surface area contributed by atoms with E-state index in [0.29, 0.717) is 6.04 Å². The Morgan fingerprint density at radius 1 is 1.23 bits per heavy atom. The molecule has 1 aliphatic rings. The summed E-state index contributed by atoms with van der Waals surface area (Å²) in [5.74, 6) is 1.04. The van der Waals surface area contributed by atoms with E-state index >= 15 is 0 Å². The van der Waals surface area contributed by atoms with Crippen LogP contribution in [-0.4, -0.2) is 30.5 Å². The predicted octanol–water partition coefficient (Wildman–Crippen LogP) is 3.79. The summed E-state index contributed by atoms with van der Waals surface area (Å²) in [6.07, 6.45) is 4.59. The Morgan fingerprint density at radius 3 is 2.68 bits per heavy atom. The van der Waals surface area contributed by atoms with E-state index in [-0.39, 0.29) is 0 Å². The number of pyridine rings is 1. The number of likely N-dealkylation sites (tertiary alicyclic amines) is 1. The second-order valence-electron chi connectivity index (χ2n) is 6.41. The number of aryl methyl sites for hydroxylation is 1. The number of rotatable bonds is 4. The molecule has 22 heavy (non-hydrogen) atoms. The standard InChI is InChI=1S/C19H25N3/c1-15-12-19(21(2)3)20-13-17(15)18-10-7-11-22(18)14-16-8-5-4-6-9-16/h4-6,8-9,12-13,18H,7,10-11,14H2,1-3H3/t18-/m1/s1. The first-order valence-electron chi connectivity index (χ1n) is 8.07. The minimum atomic E-state index is 0.504. The third-order valence-electron chi connectivity index (χ3n) is 4.55. The van der Waals surface area contributed by atoms with E-state index < -0.39 is 0 Å². The van der Waals surface area contributed by atoms with Gasteiger partial charge in [-0.3, -0.25) is 4.90 Å². The topological polar surface area (TPSA) is 19.4 Å². The lowest BCUT2D eigenvalue weighted by atomic mass is 10.0. The Hall–Kier alpha value is -1.87. The Morgan fingerprint density at radius 2 is 2.00 bits per heavy atom. The quantitative estimate of drug-likeness (QED) is 0.855. The van der Waals surface area contributed by atoms with Crippen LogP contribution in [0.2, 0.25) is 0 Å². The molecule has 1 aromatic heterocycles. The molecule has 1 aromatic carbocycles. The van der Waals surface area contributed by atoms with E-state index in [0.717, 1.165) is 12.4 Å². The van der Waals surface area contributed by atoms with Gasteiger partial charge in [-0.25, -0.2) is 4.98 Å². The van der Waals surface area contributed by atoms with Crippen molar-refractivity contribution in [2.24, 2.45) is 0 Å². The molecule has 3 rings (SSSR count). The molecule has 0 unspecified atom stereocenters. The second kappa shape index (κ2) is 6.49. The minimum Gasteiger partial charge on any atom is -0.363 e. The van der Waals surface area contributed by atoms with Crippen LogP contribution in [-0.2, 0) is 6.54 Å². The molecule has 0 radical (unpaired) electrons. The maximum atomic E-state index is 4.62. The number of anilines is 1. The van der Waals surface area contributed by atoms with Crippen molar-refractivity contribution in [3.63, 3.8) is 0 Å². The second-order valence-corrected chi connectivity index (χ2v) is 6.41. The van der Waals surface area contributed by atoms with E-state index in [1.165, 1.54) is 36.1 Å². The molecule has 2 aromatic rings. The molecule has 0 N–H and O–H groups in total. The maximum Gasteiger partial charge on any atom is 0.128 e. The Bertz CT molecular complexity index is 622. The van der Waals surface area contributed by atoms with Crippen molar-refractivity contribution in [2.45, 2.75) is 32.4 Å². The molecule has 1 atom stereocenters. The van der Waals surface area contributed by atoms with Gasteiger partial charge in [0.2, 0.25) is 0 Å². The highest BCUT2D eigenvalue weighted by Gasteiger charge is 2.27. The number of aromatic nitrogens is 1. The summed E-state index contributed by atoms with van der Waals surface area (Å²) < 4.78 is 0. The first-order valence-corrected chi connectivity index (χ1v) is 8.07. The van der Waals surface area contributed by atoms with Gasteiger partial charge < -0.3 is 4.90 Å². The van der Waals surface area contributed by atoms with Crippen LogP contribution >= 0.6 is 0 Å². The Kier molecular flexibility index (Phi) is 4.44. The van der Waals surface area contributed by atoms with Gasteiger partial charge >= 0.3 is 0 Å². The fourth-order valence-corrected chi connectivity index (χ4v) is 3.33. The van der Waals surface area contributed by atoms with E-state index in [2.05, 4.69) is 64.3 Å². The molecule has 3 nitrogen and oxygen atoms in total. The minimum absolute atomic E-state index is 0.504. The highest BCUT2D eigenvalue weighted by Crippen LogP contribution is 2.35. The van der Waals surface area contributed by atoms with Gasteiger partial charge in [-0.05, 0) is 49.1 Å². The van der Waals surface area contributed by atoms with Gasteiger partial charge in [-0.1, -0.05) is 30.3 Å². The van der Waals surface area contributed by atoms with Crippen molar-refractivity contribution in [1.82, 2.24) is 9.88 Å². The van der Waals surface area contributed by atoms with E-state index in [4.69, 9.17) is 0 Å². The number of hydrogen-bond acceptors (Lipinski definition) is 3. The summed E-state index contributed by atoms with van der Waals surface area (Å²) in [4.78, 5) is 9.28. The monoisotopic (exact) mass is 295 g/mol. The average molecular weight is 295 g/mol. The molecule has 2 heterocycles. The molecular weight excluding hydrogens is 270 g/mol. The molecule has 116 valence electrons. The molecule has 1 fully saturated rings. The zero-order valence-electron chi connectivity index (χ0n) is 13.8. The first-order chi connectivity index (χ1) is 10.6. The normalized spacial score (nSPS) is 18.6. The summed E-state index contributed by atoms with van der Waals surface area (Å²) >= 11 is 0. The van der Waals surface area contributed by atoms with E-state index in [1.54, 1.807) is 0 Å². The van der Waals surface area contributed by atoms with Crippen LogP contribution in [0, 0.1) is 6.92 Å². The summed E-state index contributed by atoms with van der Waals surface area (Å²) in [6, 6.07) is 13.5. The van der Waals surface area contributed by atoms with Gasteiger partial charge in [0.25, 0.3) is 0 Å². The van der Waals surface area contributed by atoms with Crippen molar-refractivity contribution >= 4 is 5.82 Å². The summed E-state index contributed by atoms with van der Waals surface area (Å²) in [6.45, 7) is 4.41. The third-order valence-corrected chi connectivity index (χ3v) is 4.55. The molecule has 0 spiro atoms. The lowest BCUT2D eigenvalue weighted by Crippen LogP contribution is -2.23. The fraction of sp³-hybridized carbons (Fsp3) is 0.421. The van der Waals surface area contributed by atoms with Crippen LogP contribution in [0.1, 0.15) is 35.6 Å². The number of nitrogens with zero attached hydrogens (tertiary/aromatic N) is 3. The highest BCUT2D eigenvalue weighted by atomic mass is 15.2. The van der Waals surface area contributed by atoms with Crippen molar-refractivity contribution < 1.29 is 0 Å². The molecule has 3 heteroatoms. The predicted molar refractivity (Wildman–Crippen MR) is 92.1 cm³/mol. The molecule has 0 aliphatic carbocycles. The van der Waals surface area contributed by atoms with Crippen LogP contribution in [0.4, 0.5) is 5.82 Å². The lowest BCUT2D eigenvalue weighted by Gasteiger charge is -2.26. The summed E-state index contributed by atoms with van der Waals surface area (Å²) in [5, 5.41) is 0. The van der Waals surface area contributed by atoms with Gasteiger partial charge in [0.1, 0.15) is 5.82 Å². The van der Waals surface area contributed by atoms with Crippen molar-refractivity contribution in [3.05, 3.63) is 59.3 Å². The SMILES string of the molecule is Cc1cc(N(C)C)ncc1[C@H]1CCCN1Cc1ccccc1. The zero-order chi connectivity index (χ0) is 15.5. The summed E-state index contributed by atoms with van der Waals surface area (Å²) in [7, 11) is 4.08. The average Bonchev–Trinajstić information content (AvgIpc) is 2.96. The van der Waals surface area contributed by atoms with Crippen molar-refractivity contribution in [1.29, 1.82) is 0 Å². The van der Waals surface area contributed by atoms with Crippen LogP contribution in [0.3, 0.4) is 0 Å². The van der Waals surface area contributed by atoms with Gasteiger partial charge in [0.05, 0.1) is 0 Å². The Balaban J connectivity index is 1.81. The van der Waals surface area contributed by atoms with Crippen LogP contribution in [0.5, 0.6) is 0 Å². The number of hydrogen-bond donors (Lipinski definition) is 0. The van der Waals surface area contributed by atoms with Gasteiger partial charge in [0, 0.05) is 32.9 Å². The molecule has 0 saturated carbocycles. The van der Waals surface area contributed by atoms with Crippen molar-refractivity contribution in [3.8, 4) is 0 Å². The molecule has 0 amide bonds. The number of benzene rings is 1. The highest BCUT2D eigenvalue weighted by molar-refractivity contribution is 5.43. The van der Waals surface area contributed by atoms with E-state index in [9.17, 15) is 0 Å². The first kappa shape index (κ1) is 15.0. The lowest BCUT2D eigenvalue weighted by molar-refractivity contribution is 0.247. The van der Waals surface area contributed by atoms with Crippen molar-refractivity contribution in [2.75, 3.05) is 25.5 Å². The zero-order valence-corrected chi connectivity index (χ0v) is 13.8. The Labute approximate surface area is 133 Å². The van der Waals surface area contributed by atoms with Gasteiger partial charge in [-0.2, -0.15) is 0 Å². The van der Waals surface area contributed by atoms with Gasteiger partial charge in [-0.15, -0.1) is 0 Å². The fourth-order valence-electron chi connectivity index (χ4n) is 3.33.